The molecule has 0 bridgehead atoms. The number of likely N-dealkylation sites (tertiary alicyclic amines) is 1. The Morgan fingerprint density at radius 1 is 1.15 bits per heavy atom. The molecule has 0 spiro atoms. The second-order valence-corrected chi connectivity index (χ2v) is 9.12. The van der Waals surface area contributed by atoms with Crippen LogP contribution in [0.25, 0.3) is 0 Å². The van der Waals surface area contributed by atoms with E-state index >= 15 is 0 Å². The first-order valence-corrected chi connectivity index (χ1v) is 12.1. The van der Waals surface area contributed by atoms with E-state index in [4.69, 9.17) is 14.2 Å². The topological polar surface area (TPSA) is 116 Å². The third-order valence-electron chi connectivity index (χ3n) is 4.87. The second-order valence-electron chi connectivity index (χ2n) is 7.25. The van der Waals surface area contributed by atoms with Crippen molar-refractivity contribution in [3.05, 3.63) is 21.1 Å². The van der Waals surface area contributed by atoms with Gasteiger partial charge in [0, 0.05) is 31.5 Å². The van der Waals surface area contributed by atoms with Gasteiger partial charge in [-0.25, -0.2) is 4.98 Å². The number of piperidine rings is 1. The van der Waals surface area contributed by atoms with Crippen LogP contribution in [0.3, 0.4) is 0 Å². The van der Waals surface area contributed by atoms with Gasteiger partial charge in [0.15, 0.2) is 0 Å². The number of rotatable bonds is 11. The van der Waals surface area contributed by atoms with Gasteiger partial charge in [0.1, 0.15) is 12.3 Å². The quantitative estimate of drug-likeness (QED) is 0.447. The van der Waals surface area contributed by atoms with E-state index in [0.29, 0.717) is 52.4 Å². The van der Waals surface area contributed by atoms with Crippen molar-refractivity contribution >= 4 is 39.6 Å². The lowest BCUT2D eigenvalue weighted by molar-refractivity contribution is -0.138. The number of hydrogen-bond acceptors (Lipinski definition) is 10. The smallest absolute Gasteiger partial charge is 0.382 e. The molecule has 2 aromatic heterocycles. The average Bonchev–Trinajstić information content (AvgIpc) is 3.48. The van der Waals surface area contributed by atoms with Gasteiger partial charge >= 0.3 is 6.18 Å². The summed E-state index contributed by atoms with van der Waals surface area (Å²) in [6, 6.07) is 0. The molecule has 2 amide bonds. The number of methoxy groups -OCH3 is 1. The summed E-state index contributed by atoms with van der Waals surface area (Å²) in [6.45, 7) is 2.77. The summed E-state index contributed by atoms with van der Waals surface area (Å²) in [5.41, 5.74) is 0.100. The number of amides is 2. The highest BCUT2D eigenvalue weighted by Crippen LogP contribution is 2.33. The largest absolute Gasteiger partial charge is 0.445 e. The van der Waals surface area contributed by atoms with Gasteiger partial charge in [-0.1, -0.05) is 11.3 Å². The maximum Gasteiger partial charge on any atom is 0.445 e. The maximum absolute atomic E-state index is 12.6. The summed E-state index contributed by atoms with van der Waals surface area (Å²) in [4.78, 5) is 30.7. The van der Waals surface area contributed by atoms with E-state index in [-0.39, 0.29) is 40.6 Å². The van der Waals surface area contributed by atoms with Gasteiger partial charge in [0.2, 0.25) is 16.0 Å². The third-order valence-corrected chi connectivity index (χ3v) is 6.76. The molecule has 3 heterocycles. The van der Waals surface area contributed by atoms with Crippen LogP contribution in [-0.4, -0.2) is 85.1 Å². The second kappa shape index (κ2) is 12.5. The fourth-order valence-corrected chi connectivity index (χ4v) is 4.69. The van der Waals surface area contributed by atoms with Crippen LogP contribution in [0.5, 0.6) is 0 Å². The highest BCUT2D eigenvalue weighted by atomic mass is 32.1. The van der Waals surface area contributed by atoms with Crippen molar-refractivity contribution in [1.82, 2.24) is 20.1 Å². The fourth-order valence-electron chi connectivity index (χ4n) is 3.12. The van der Waals surface area contributed by atoms with E-state index in [1.807, 2.05) is 0 Å². The van der Waals surface area contributed by atoms with Crippen molar-refractivity contribution in [2.45, 2.75) is 24.9 Å². The number of hydrogen-bond donors (Lipinski definition) is 1. The van der Waals surface area contributed by atoms with Crippen LogP contribution in [0.15, 0.2) is 5.38 Å². The number of alkyl halides is 3. The van der Waals surface area contributed by atoms with E-state index in [2.05, 4.69) is 20.5 Å². The molecule has 1 fully saturated rings. The zero-order valence-electron chi connectivity index (χ0n) is 18.3. The van der Waals surface area contributed by atoms with Crippen LogP contribution < -0.4 is 5.32 Å². The number of nitrogens with one attached hydrogen (secondary N) is 1. The van der Waals surface area contributed by atoms with E-state index in [1.54, 1.807) is 17.4 Å². The van der Waals surface area contributed by atoms with Crippen molar-refractivity contribution < 1.29 is 37.0 Å². The Kier molecular flexibility index (Phi) is 9.70. The molecule has 0 aromatic carbocycles. The Bertz CT molecular complexity index is 947. The van der Waals surface area contributed by atoms with E-state index in [9.17, 15) is 22.8 Å². The van der Waals surface area contributed by atoms with Gasteiger partial charge in [-0.05, 0) is 12.8 Å². The summed E-state index contributed by atoms with van der Waals surface area (Å²) < 4.78 is 53.4. The first-order valence-electron chi connectivity index (χ1n) is 10.4. The Morgan fingerprint density at radius 2 is 1.85 bits per heavy atom. The molecule has 0 aliphatic carbocycles. The van der Waals surface area contributed by atoms with Crippen LogP contribution in [0.1, 0.15) is 39.3 Å². The summed E-state index contributed by atoms with van der Waals surface area (Å²) in [5.74, 6) is -0.655. The van der Waals surface area contributed by atoms with Gasteiger partial charge in [0.05, 0.1) is 31.4 Å². The van der Waals surface area contributed by atoms with Crippen LogP contribution in [0.2, 0.25) is 0 Å². The van der Waals surface area contributed by atoms with Crippen molar-refractivity contribution in [1.29, 1.82) is 0 Å². The monoisotopic (exact) mass is 523 g/mol. The molecule has 15 heteroatoms. The van der Waals surface area contributed by atoms with E-state index in [1.165, 1.54) is 11.3 Å². The van der Waals surface area contributed by atoms with Gasteiger partial charge in [0.25, 0.3) is 5.91 Å². The number of carbonyl (C=O) groups is 2. The zero-order valence-corrected chi connectivity index (χ0v) is 19.9. The average molecular weight is 524 g/mol. The first-order chi connectivity index (χ1) is 16.3. The number of anilines is 1. The maximum atomic E-state index is 12.6. The number of nitrogens with zero attached hydrogens (tertiary/aromatic N) is 4. The number of ether oxygens (including phenoxy) is 3. The first kappa shape index (κ1) is 26.4. The number of thiazole rings is 1. The summed E-state index contributed by atoms with van der Waals surface area (Å²) in [5, 5.41) is 9.59. The number of carbonyl (C=O) groups excluding carboxylic acids is 2. The van der Waals surface area contributed by atoms with Crippen molar-refractivity contribution in [2.75, 3.05) is 58.6 Å². The lowest BCUT2D eigenvalue weighted by Gasteiger charge is -2.31. The molecule has 1 N–H and O–H groups in total. The van der Waals surface area contributed by atoms with Crippen molar-refractivity contribution in [3.63, 3.8) is 0 Å². The lowest BCUT2D eigenvalue weighted by Crippen LogP contribution is -2.40. The molecular formula is C19H24F3N5O5S2. The molecule has 0 atom stereocenters. The molecular weight excluding hydrogens is 499 g/mol. The van der Waals surface area contributed by atoms with E-state index < -0.39 is 17.1 Å². The standard InChI is InChI=1S/C19H24F3N5O5S2/c1-30-6-7-31-8-9-32-10-14(28)27-4-2-12(3-5-27)16-23-13(11-33-16)15(29)24-18-26-25-17(34-18)19(20,21)22/h11-12H,2-10H2,1H3,(H,24,26,29). The molecule has 1 aliphatic heterocycles. The van der Waals surface area contributed by atoms with Gasteiger partial charge in [-0.15, -0.1) is 21.5 Å². The van der Waals surface area contributed by atoms with Gasteiger partial charge in [-0.2, -0.15) is 13.2 Å². The summed E-state index contributed by atoms with van der Waals surface area (Å²) >= 11 is 1.55. The molecule has 1 saturated heterocycles. The molecule has 34 heavy (non-hydrogen) atoms. The SMILES string of the molecule is COCCOCCOCC(=O)N1CCC(c2nc(C(=O)Nc3nnc(C(F)(F)F)s3)cs2)CC1. The van der Waals surface area contributed by atoms with Crippen molar-refractivity contribution in [3.8, 4) is 0 Å². The normalized spacial score (nSPS) is 15.0. The molecule has 0 saturated carbocycles. The fraction of sp³-hybridized carbons (Fsp3) is 0.632. The van der Waals surface area contributed by atoms with E-state index in [0.717, 1.165) is 5.01 Å². The highest BCUT2D eigenvalue weighted by molar-refractivity contribution is 7.15. The van der Waals surface area contributed by atoms with Crippen LogP contribution in [0, 0.1) is 0 Å². The highest BCUT2D eigenvalue weighted by Gasteiger charge is 2.36. The molecule has 0 radical (unpaired) electrons. The van der Waals surface area contributed by atoms with Crippen LogP contribution in [0.4, 0.5) is 18.3 Å². The zero-order chi connectivity index (χ0) is 24.6. The molecule has 10 nitrogen and oxygen atoms in total. The molecule has 2 aromatic rings. The third kappa shape index (κ3) is 7.66. The van der Waals surface area contributed by atoms with Gasteiger partial charge in [-0.3, -0.25) is 14.9 Å². The van der Waals surface area contributed by atoms with Gasteiger partial charge < -0.3 is 19.1 Å². The minimum Gasteiger partial charge on any atom is -0.382 e. The molecule has 3 rings (SSSR count). The Hall–Kier alpha value is -2.20. The summed E-state index contributed by atoms with van der Waals surface area (Å²) in [7, 11) is 1.59. The lowest BCUT2D eigenvalue weighted by atomic mass is 9.97. The number of halogens is 3. The molecule has 1 aliphatic rings. The van der Waals surface area contributed by atoms with Crippen LogP contribution >= 0.6 is 22.7 Å². The minimum absolute atomic E-state index is 0.0124. The Morgan fingerprint density at radius 3 is 2.53 bits per heavy atom. The Labute approximate surface area is 201 Å². The molecule has 0 unspecified atom stereocenters. The summed E-state index contributed by atoms with van der Waals surface area (Å²) in [6.07, 6.45) is -3.24. The predicted molar refractivity (Wildman–Crippen MR) is 117 cm³/mol. The van der Waals surface area contributed by atoms with Crippen molar-refractivity contribution in [2.24, 2.45) is 0 Å². The molecule has 188 valence electrons. The predicted octanol–water partition coefficient (Wildman–Crippen LogP) is 2.65. The minimum atomic E-state index is -4.62. The Balaban J connectivity index is 1.40. The van der Waals surface area contributed by atoms with Crippen LogP contribution in [-0.2, 0) is 25.2 Å². The number of aromatic nitrogens is 3.